The van der Waals surface area contributed by atoms with Crippen LogP contribution in [-0.2, 0) is 10.9 Å². The van der Waals surface area contributed by atoms with Gasteiger partial charge < -0.3 is 4.74 Å². The number of carbonyl (C=O) groups excluding carboxylic acids is 1. The molecule has 0 aliphatic rings. The molecule has 0 amide bonds. The fraction of sp³-hybridized carbons (Fsp3) is 0.154. The van der Waals surface area contributed by atoms with Gasteiger partial charge in [-0.2, -0.15) is 13.2 Å². The van der Waals surface area contributed by atoms with Crippen molar-refractivity contribution in [1.29, 1.82) is 0 Å². The molecule has 94 valence electrons. The average Bonchev–Trinajstić information content (AvgIpc) is 2.33. The molecule has 0 aromatic heterocycles. The molecule has 0 saturated carbocycles. The molecule has 0 fully saturated rings. The number of alkyl halides is 3. The smallest absolute Gasteiger partial charge is 0.416 e. The van der Waals surface area contributed by atoms with Crippen LogP contribution < -0.4 is 0 Å². The van der Waals surface area contributed by atoms with E-state index in [1.807, 2.05) is 0 Å². The van der Waals surface area contributed by atoms with E-state index >= 15 is 0 Å². The van der Waals surface area contributed by atoms with Crippen molar-refractivity contribution in [3.05, 3.63) is 47.5 Å². The molecule has 0 aliphatic heterocycles. The van der Waals surface area contributed by atoms with Crippen molar-refractivity contribution in [2.75, 3.05) is 6.61 Å². The van der Waals surface area contributed by atoms with Gasteiger partial charge in [0.15, 0.2) is 0 Å². The standard InChI is InChI=1S/C13H9F3O2/c1-2-3-4-8-18-12(17)10-6-5-7-11(9-10)13(14,15)16/h1,3-7,9H,8H2. The summed E-state index contributed by atoms with van der Waals surface area (Å²) in [6.45, 7) is -0.0840. The minimum Gasteiger partial charge on any atom is -0.458 e. The van der Waals surface area contributed by atoms with E-state index in [0.29, 0.717) is 0 Å². The Kier molecular flexibility index (Phi) is 4.55. The molecule has 0 atom stereocenters. The van der Waals surface area contributed by atoms with Gasteiger partial charge in [0.2, 0.25) is 0 Å². The van der Waals surface area contributed by atoms with Crippen LogP contribution in [0, 0.1) is 12.3 Å². The van der Waals surface area contributed by atoms with Crippen LogP contribution in [0.15, 0.2) is 36.4 Å². The van der Waals surface area contributed by atoms with Gasteiger partial charge in [-0.3, -0.25) is 0 Å². The fourth-order valence-corrected chi connectivity index (χ4v) is 1.15. The summed E-state index contributed by atoms with van der Waals surface area (Å²) in [5.74, 6) is 1.36. The normalized spacial score (nSPS) is 11.2. The number of carbonyl (C=O) groups is 1. The monoisotopic (exact) mass is 254 g/mol. The molecule has 0 radical (unpaired) electrons. The Morgan fingerprint density at radius 2 is 2.17 bits per heavy atom. The first-order chi connectivity index (χ1) is 8.45. The summed E-state index contributed by atoms with van der Waals surface area (Å²) in [6, 6.07) is 4.03. The molecule has 18 heavy (non-hydrogen) atoms. The molecule has 1 aromatic rings. The Labute approximate surface area is 102 Å². The third-order valence-corrected chi connectivity index (χ3v) is 1.95. The van der Waals surface area contributed by atoms with E-state index in [9.17, 15) is 18.0 Å². The van der Waals surface area contributed by atoms with Gasteiger partial charge >= 0.3 is 12.1 Å². The number of hydrogen-bond donors (Lipinski definition) is 0. The lowest BCUT2D eigenvalue weighted by Gasteiger charge is -2.08. The van der Waals surface area contributed by atoms with Crippen molar-refractivity contribution in [3.8, 4) is 12.3 Å². The minimum atomic E-state index is -4.49. The van der Waals surface area contributed by atoms with E-state index in [0.717, 1.165) is 18.2 Å². The molecular weight excluding hydrogens is 245 g/mol. The predicted molar refractivity (Wildman–Crippen MR) is 59.7 cm³/mol. The fourth-order valence-electron chi connectivity index (χ4n) is 1.15. The van der Waals surface area contributed by atoms with Crippen molar-refractivity contribution in [1.82, 2.24) is 0 Å². The maximum absolute atomic E-state index is 12.4. The molecule has 0 N–H and O–H groups in total. The van der Waals surface area contributed by atoms with Crippen molar-refractivity contribution < 1.29 is 22.7 Å². The third-order valence-electron chi connectivity index (χ3n) is 1.95. The van der Waals surface area contributed by atoms with Gasteiger partial charge in [0.1, 0.15) is 6.61 Å². The first-order valence-corrected chi connectivity index (χ1v) is 4.90. The van der Waals surface area contributed by atoms with Crippen LogP contribution in [0.4, 0.5) is 13.2 Å². The number of rotatable bonds is 3. The quantitative estimate of drug-likeness (QED) is 0.612. The first-order valence-electron chi connectivity index (χ1n) is 4.90. The highest BCUT2D eigenvalue weighted by molar-refractivity contribution is 5.89. The Morgan fingerprint density at radius 3 is 2.78 bits per heavy atom. The van der Waals surface area contributed by atoms with E-state index < -0.39 is 17.7 Å². The summed E-state index contributed by atoms with van der Waals surface area (Å²) in [6.07, 6.45) is 3.18. The Hall–Kier alpha value is -2.22. The molecule has 0 aliphatic carbocycles. The van der Waals surface area contributed by atoms with Crippen LogP contribution in [0.25, 0.3) is 0 Å². The van der Waals surface area contributed by atoms with Crippen LogP contribution >= 0.6 is 0 Å². The molecular formula is C13H9F3O2. The van der Waals surface area contributed by atoms with Crippen LogP contribution in [0.1, 0.15) is 15.9 Å². The number of ether oxygens (including phenoxy) is 1. The minimum absolute atomic E-state index is 0.0840. The zero-order valence-electron chi connectivity index (χ0n) is 9.20. The second-order valence-corrected chi connectivity index (χ2v) is 3.25. The summed E-state index contributed by atoms with van der Waals surface area (Å²) in [7, 11) is 0. The molecule has 0 bridgehead atoms. The topological polar surface area (TPSA) is 26.3 Å². The van der Waals surface area contributed by atoms with E-state index in [1.165, 1.54) is 18.2 Å². The molecule has 2 nitrogen and oxygen atoms in total. The lowest BCUT2D eigenvalue weighted by atomic mass is 10.1. The van der Waals surface area contributed by atoms with E-state index in [4.69, 9.17) is 11.2 Å². The number of allylic oxidation sites excluding steroid dienone is 1. The number of esters is 1. The number of hydrogen-bond acceptors (Lipinski definition) is 2. The summed E-state index contributed by atoms with van der Waals surface area (Å²) in [5.41, 5.74) is -1.05. The van der Waals surface area contributed by atoms with Crippen LogP contribution in [0.5, 0.6) is 0 Å². The average molecular weight is 254 g/mol. The Balaban J connectivity index is 2.75. The highest BCUT2D eigenvalue weighted by Crippen LogP contribution is 2.29. The van der Waals surface area contributed by atoms with E-state index in [1.54, 1.807) is 0 Å². The van der Waals surface area contributed by atoms with E-state index in [2.05, 4.69) is 5.92 Å². The van der Waals surface area contributed by atoms with Crippen molar-refractivity contribution in [2.45, 2.75) is 6.18 Å². The van der Waals surface area contributed by atoms with Crippen LogP contribution in [0.2, 0.25) is 0 Å². The maximum atomic E-state index is 12.4. The van der Waals surface area contributed by atoms with Gasteiger partial charge in [-0.15, -0.1) is 6.42 Å². The zero-order chi connectivity index (χ0) is 13.6. The molecule has 0 heterocycles. The van der Waals surface area contributed by atoms with Gasteiger partial charge in [-0.25, -0.2) is 4.79 Å². The summed E-state index contributed by atoms with van der Waals surface area (Å²) in [4.78, 5) is 11.4. The lowest BCUT2D eigenvalue weighted by Crippen LogP contribution is -2.09. The number of benzene rings is 1. The summed E-state index contributed by atoms with van der Waals surface area (Å²) >= 11 is 0. The largest absolute Gasteiger partial charge is 0.458 e. The Bertz CT molecular complexity index is 496. The van der Waals surface area contributed by atoms with Crippen LogP contribution in [-0.4, -0.2) is 12.6 Å². The third kappa shape index (κ3) is 3.98. The maximum Gasteiger partial charge on any atom is 0.416 e. The second-order valence-electron chi connectivity index (χ2n) is 3.25. The van der Waals surface area contributed by atoms with Crippen molar-refractivity contribution in [3.63, 3.8) is 0 Å². The number of terminal acetylenes is 1. The van der Waals surface area contributed by atoms with Crippen molar-refractivity contribution >= 4 is 5.97 Å². The van der Waals surface area contributed by atoms with Gasteiger partial charge in [0, 0.05) is 0 Å². The van der Waals surface area contributed by atoms with Gasteiger partial charge in [0.05, 0.1) is 11.1 Å². The van der Waals surface area contributed by atoms with Gasteiger partial charge in [-0.1, -0.05) is 12.0 Å². The van der Waals surface area contributed by atoms with Gasteiger partial charge in [-0.05, 0) is 30.4 Å². The summed E-state index contributed by atoms with van der Waals surface area (Å²) < 4.78 is 41.9. The highest BCUT2D eigenvalue weighted by Gasteiger charge is 2.30. The van der Waals surface area contributed by atoms with Crippen LogP contribution in [0.3, 0.4) is 0 Å². The molecule has 0 spiro atoms. The molecule has 1 aromatic carbocycles. The SMILES string of the molecule is C#CC=CCOC(=O)c1cccc(C(F)(F)F)c1. The highest BCUT2D eigenvalue weighted by atomic mass is 19.4. The molecule has 0 unspecified atom stereocenters. The zero-order valence-corrected chi connectivity index (χ0v) is 9.20. The summed E-state index contributed by atoms with van der Waals surface area (Å²) in [5, 5.41) is 0. The number of halogens is 3. The molecule has 1 rings (SSSR count). The predicted octanol–water partition coefficient (Wildman–Crippen LogP) is 3.05. The lowest BCUT2D eigenvalue weighted by molar-refractivity contribution is -0.137. The molecule has 5 heteroatoms. The molecule has 0 saturated heterocycles. The second kappa shape index (κ2) is 5.92. The van der Waals surface area contributed by atoms with E-state index in [-0.39, 0.29) is 12.2 Å². The van der Waals surface area contributed by atoms with Crippen molar-refractivity contribution in [2.24, 2.45) is 0 Å². The Morgan fingerprint density at radius 1 is 1.44 bits per heavy atom. The van der Waals surface area contributed by atoms with Gasteiger partial charge in [0.25, 0.3) is 0 Å². The first kappa shape index (κ1) is 13.8.